The highest BCUT2D eigenvalue weighted by molar-refractivity contribution is 7.98. The zero-order chi connectivity index (χ0) is 29.7. The maximum atomic E-state index is 13.2. The van der Waals surface area contributed by atoms with Crippen molar-refractivity contribution in [1.29, 1.82) is 0 Å². The minimum absolute atomic E-state index is 0.0436. The van der Waals surface area contributed by atoms with Crippen LogP contribution in [-0.2, 0) is 11.3 Å². The summed E-state index contributed by atoms with van der Waals surface area (Å²) in [5, 5.41) is 5.82. The monoisotopic (exact) mass is 609 g/mol. The Hall–Kier alpha value is -2.79. The topological polar surface area (TPSA) is 110 Å². The lowest BCUT2D eigenvalue weighted by Crippen LogP contribution is -2.52. The molecule has 2 amide bonds. The van der Waals surface area contributed by atoms with E-state index in [9.17, 15) is 23.2 Å². The van der Waals surface area contributed by atoms with E-state index in [1.54, 1.807) is 19.9 Å². The number of ether oxygens (including phenoxy) is 2. The van der Waals surface area contributed by atoms with Gasteiger partial charge in [-0.2, -0.15) is 0 Å². The maximum Gasteiger partial charge on any atom is 0.254 e. The summed E-state index contributed by atoms with van der Waals surface area (Å²) in [7, 11) is 0. The number of thioether (sulfide) groups is 1. The molecular formula is C29H34ClF2N3O5S. The standard InChI is InChI=1S/C29H34ClF2N3O5S/c1-14-9-22(41-4)20(27(38)34-14)13-33-26(37)19-10-21(30)24-23(15(19)2)39-28(3,40-24)17-7-5-16(6-8-17)25(36)35-18-11-29(31,32)12-18/h9-10,16-18H,5-8,11-13H2,1-4H3,(H,33,37)(H,34,38)(H,35,36). The summed E-state index contributed by atoms with van der Waals surface area (Å²) >= 11 is 8.00. The molecule has 3 N–H and O–H groups in total. The first-order valence-electron chi connectivity index (χ1n) is 13.7. The number of carbonyl (C=O) groups excluding carboxylic acids is 2. The van der Waals surface area contributed by atoms with Crippen molar-refractivity contribution < 1.29 is 27.8 Å². The quantitative estimate of drug-likeness (QED) is 0.358. The molecule has 2 fully saturated rings. The Balaban J connectivity index is 1.23. The number of alkyl halides is 2. The number of carbonyl (C=O) groups is 2. The zero-order valence-corrected chi connectivity index (χ0v) is 25.0. The summed E-state index contributed by atoms with van der Waals surface area (Å²) in [6, 6.07) is 2.96. The number of aromatic amines is 1. The number of benzene rings is 1. The van der Waals surface area contributed by atoms with E-state index < -0.39 is 23.7 Å². The lowest BCUT2D eigenvalue weighted by atomic mass is 9.77. The van der Waals surface area contributed by atoms with Gasteiger partial charge in [0, 0.05) is 71.5 Å². The van der Waals surface area contributed by atoms with E-state index in [2.05, 4.69) is 15.6 Å². The number of hydrogen-bond acceptors (Lipinski definition) is 6. The highest BCUT2D eigenvalue weighted by Crippen LogP contribution is 2.52. The van der Waals surface area contributed by atoms with E-state index in [0.717, 1.165) is 10.6 Å². The van der Waals surface area contributed by atoms with Gasteiger partial charge < -0.3 is 25.1 Å². The second kappa shape index (κ2) is 11.1. The Kier molecular flexibility index (Phi) is 8.06. The summed E-state index contributed by atoms with van der Waals surface area (Å²) in [5.41, 5.74) is 1.86. The molecule has 0 bridgehead atoms. The largest absolute Gasteiger partial charge is 0.448 e. The molecule has 1 atom stereocenters. The van der Waals surface area contributed by atoms with Gasteiger partial charge in [0.1, 0.15) is 0 Å². The van der Waals surface area contributed by atoms with Crippen LogP contribution in [0.2, 0.25) is 5.02 Å². The average Bonchev–Trinajstić information content (AvgIpc) is 3.28. The Bertz CT molecular complexity index is 1430. The molecule has 0 radical (unpaired) electrons. The van der Waals surface area contributed by atoms with E-state index in [0.29, 0.717) is 53.9 Å². The minimum atomic E-state index is -2.67. The van der Waals surface area contributed by atoms with Gasteiger partial charge in [-0.3, -0.25) is 14.4 Å². The first kappa shape index (κ1) is 29.7. The van der Waals surface area contributed by atoms with Crippen molar-refractivity contribution in [2.45, 2.75) is 88.5 Å². The van der Waals surface area contributed by atoms with Crippen LogP contribution in [0.15, 0.2) is 21.8 Å². The zero-order valence-electron chi connectivity index (χ0n) is 23.4. The number of aryl methyl sites for hydroxylation is 1. The van der Waals surface area contributed by atoms with Gasteiger partial charge in [-0.05, 0) is 57.9 Å². The lowest BCUT2D eigenvalue weighted by Gasteiger charge is -2.39. The summed E-state index contributed by atoms with van der Waals surface area (Å²) in [6.07, 6.45) is 3.76. The van der Waals surface area contributed by atoms with Crippen LogP contribution in [0.3, 0.4) is 0 Å². The third-order valence-corrected chi connectivity index (χ3v) is 9.53. The number of aromatic nitrogens is 1. The number of fused-ring (bicyclic) bond motifs is 1. The number of halogens is 3. The van der Waals surface area contributed by atoms with Crippen LogP contribution in [0.1, 0.15) is 72.6 Å². The van der Waals surface area contributed by atoms with E-state index in [1.807, 2.05) is 19.2 Å². The van der Waals surface area contributed by atoms with Crippen molar-refractivity contribution in [3.63, 3.8) is 0 Å². The maximum absolute atomic E-state index is 13.2. The summed E-state index contributed by atoms with van der Waals surface area (Å²) in [4.78, 5) is 41.9. The third-order valence-electron chi connectivity index (χ3n) is 8.44. The van der Waals surface area contributed by atoms with Gasteiger partial charge >= 0.3 is 0 Å². The van der Waals surface area contributed by atoms with Crippen molar-refractivity contribution in [2.24, 2.45) is 11.8 Å². The molecule has 1 unspecified atom stereocenters. The fourth-order valence-electron chi connectivity index (χ4n) is 6.01. The molecule has 1 aromatic heterocycles. The number of amides is 2. The Labute approximate surface area is 246 Å². The Morgan fingerprint density at radius 3 is 2.41 bits per heavy atom. The molecule has 1 aliphatic heterocycles. The summed E-state index contributed by atoms with van der Waals surface area (Å²) in [6.45, 7) is 5.45. The van der Waals surface area contributed by atoms with E-state index in [1.165, 1.54) is 11.8 Å². The van der Waals surface area contributed by atoms with Crippen LogP contribution >= 0.6 is 23.4 Å². The fraction of sp³-hybridized carbons (Fsp3) is 0.552. The van der Waals surface area contributed by atoms with Crippen molar-refractivity contribution in [3.05, 3.63) is 49.9 Å². The average molecular weight is 610 g/mol. The van der Waals surface area contributed by atoms with Gasteiger partial charge in [0.05, 0.1) is 5.02 Å². The van der Waals surface area contributed by atoms with Crippen LogP contribution in [0.25, 0.3) is 0 Å². The third kappa shape index (κ3) is 5.93. The molecule has 3 aliphatic rings. The second-order valence-electron chi connectivity index (χ2n) is 11.4. The fourth-order valence-corrected chi connectivity index (χ4v) is 6.95. The minimum Gasteiger partial charge on any atom is -0.448 e. The van der Waals surface area contributed by atoms with Gasteiger partial charge in [0.25, 0.3) is 23.2 Å². The molecule has 12 heteroatoms. The Morgan fingerprint density at radius 1 is 1.12 bits per heavy atom. The second-order valence-corrected chi connectivity index (χ2v) is 12.7. The van der Waals surface area contributed by atoms with Gasteiger partial charge in [-0.1, -0.05) is 11.6 Å². The molecule has 0 spiro atoms. The molecule has 41 heavy (non-hydrogen) atoms. The Morgan fingerprint density at radius 2 is 1.78 bits per heavy atom. The van der Waals surface area contributed by atoms with Crippen LogP contribution in [0.5, 0.6) is 11.5 Å². The van der Waals surface area contributed by atoms with Crippen LogP contribution in [-0.4, -0.2) is 40.8 Å². The highest BCUT2D eigenvalue weighted by atomic mass is 35.5. The SMILES string of the molecule is CSc1cc(C)[nH]c(=O)c1CNC(=O)c1cc(Cl)c2c(c1C)OC(C)(C1CCC(C(=O)NC3CC(F)(F)C3)CC1)O2. The molecule has 5 rings (SSSR count). The number of rotatable bonds is 7. The molecule has 8 nitrogen and oxygen atoms in total. The summed E-state index contributed by atoms with van der Waals surface area (Å²) < 4.78 is 38.9. The molecule has 2 saturated carbocycles. The van der Waals surface area contributed by atoms with E-state index in [4.69, 9.17) is 21.1 Å². The van der Waals surface area contributed by atoms with Crippen molar-refractivity contribution in [1.82, 2.24) is 15.6 Å². The van der Waals surface area contributed by atoms with Crippen LogP contribution < -0.4 is 25.7 Å². The van der Waals surface area contributed by atoms with Gasteiger partial charge in [0.2, 0.25) is 5.91 Å². The van der Waals surface area contributed by atoms with Crippen molar-refractivity contribution in [2.75, 3.05) is 6.26 Å². The molecule has 1 aromatic carbocycles. The number of nitrogens with one attached hydrogen (secondary N) is 3. The van der Waals surface area contributed by atoms with Gasteiger partial charge in [0.15, 0.2) is 11.5 Å². The highest BCUT2D eigenvalue weighted by Gasteiger charge is 2.49. The van der Waals surface area contributed by atoms with E-state index >= 15 is 0 Å². The number of hydrogen-bond donors (Lipinski definition) is 3. The van der Waals surface area contributed by atoms with Crippen LogP contribution in [0.4, 0.5) is 8.78 Å². The van der Waals surface area contributed by atoms with Crippen molar-refractivity contribution >= 4 is 35.2 Å². The molecule has 0 saturated heterocycles. The molecule has 222 valence electrons. The molecule has 2 aliphatic carbocycles. The molecule has 2 heterocycles. The van der Waals surface area contributed by atoms with Gasteiger partial charge in [-0.25, -0.2) is 8.78 Å². The number of H-pyrrole nitrogens is 1. The van der Waals surface area contributed by atoms with E-state index in [-0.39, 0.29) is 47.7 Å². The number of pyridine rings is 1. The predicted octanol–water partition coefficient (Wildman–Crippen LogP) is 5.50. The first-order chi connectivity index (χ1) is 19.3. The molecular weight excluding hydrogens is 576 g/mol. The normalized spacial score (nSPS) is 25.0. The first-order valence-corrected chi connectivity index (χ1v) is 15.3. The molecule has 2 aromatic rings. The van der Waals surface area contributed by atoms with Crippen molar-refractivity contribution in [3.8, 4) is 11.5 Å². The predicted molar refractivity (Wildman–Crippen MR) is 152 cm³/mol. The smallest absolute Gasteiger partial charge is 0.254 e. The summed E-state index contributed by atoms with van der Waals surface area (Å²) in [5.74, 6) is -3.79. The lowest BCUT2D eigenvalue weighted by molar-refractivity contribution is -0.140. The van der Waals surface area contributed by atoms with Gasteiger partial charge in [-0.15, -0.1) is 11.8 Å². The van der Waals surface area contributed by atoms with Crippen LogP contribution in [0, 0.1) is 25.7 Å².